The first-order chi connectivity index (χ1) is 8.38. The highest BCUT2D eigenvalue weighted by Crippen LogP contribution is 2.25. The quantitative estimate of drug-likeness (QED) is 0.733. The molecule has 18 heavy (non-hydrogen) atoms. The van der Waals surface area contributed by atoms with E-state index in [0.717, 1.165) is 12.8 Å². The Labute approximate surface area is 109 Å². The van der Waals surface area contributed by atoms with E-state index in [1.165, 1.54) is 0 Å². The summed E-state index contributed by atoms with van der Waals surface area (Å²) in [6, 6.07) is 0. The monoisotopic (exact) mass is 277 g/mol. The molecule has 0 aromatic carbocycles. The molecule has 0 aromatic heterocycles. The SMILES string of the molecule is CCC(CC)(CO)CNC(=O)C1CCS(=O)(=O)C1. The molecule has 1 fully saturated rings. The number of nitrogens with one attached hydrogen (secondary N) is 1. The maximum absolute atomic E-state index is 11.9. The van der Waals surface area contributed by atoms with Crippen molar-refractivity contribution in [2.24, 2.45) is 11.3 Å². The van der Waals surface area contributed by atoms with Gasteiger partial charge in [0.15, 0.2) is 9.84 Å². The van der Waals surface area contributed by atoms with E-state index in [9.17, 15) is 18.3 Å². The summed E-state index contributed by atoms with van der Waals surface area (Å²) < 4.78 is 22.6. The molecule has 0 bridgehead atoms. The molecule has 1 heterocycles. The number of carbonyl (C=O) groups excluding carboxylic acids is 1. The number of amides is 1. The summed E-state index contributed by atoms with van der Waals surface area (Å²) >= 11 is 0. The third-order valence-electron chi connectivity index (χ3n) is 4.08. The van der Waals surface area contributed by atoms with E-state index in [0.29, 0.717) is 13.0 Å². The van der Waals surface area contributed by atoms with Crippen molar-refractivity contribution in [2.45, 2.75) is 33.1 Å². The van der Waals surface area contributed by atoms with E-state index in [1.807, 2.05) is 13.8 Å². The number of hydrogen-bond acceptors (Lipinski definition) is 4. The molecular formula is C12H23NO4S. The highest BCUT2D eigenvalue weighted by molar-refractivity contribution is 7.91. The van der Waals surface area contributed by atoms with Gasteiger partial charge in [-0.1, -0.05) is 13.8 Å². The molecule has 0 radical (unpaired) electrons. The smallest absolute Gasteiger partial charge is 0.224 e. The van der Waals surface area contributed by atoms with Gasteiger partial charge in [0.05, 0.1) is 24.0 Å². The number of sulfone groups is 1. The van der Waals surface area contributed by atoms with Crippen LogP contribution in [0.1, 0.15) is 33.1 Å². The Morgan fingerprint density at radius 1 is 1.39 bits per heavy atom. The molecule has 1 aliphatic heterocycles. The fraction of sp³-hybridized carbons (Fsp3) is 0.917. The van der Waals surface area contributed by atoms with Crippen LogP contribution in [-0.2, 0) is 14.6 Å². The van der Waals surface area contributed by atoms with Crippen LogP contribution in [0, 0.1) is 11.3 Å². The van der Waals surface area contributed by atoms with Crippen LogP contribution in [0.5, 0.6) is 0 Å². The molecule has 106 valence electrons. The molecule has 1 rings (SSSR count). The topological polar surface area (TPSA) is 83.5 Å². The van der Waals surface area contributed by atoms with Crippen molar-refractivity contribution in [3.8, 4) is 0 Å². The van der Waals surface area contributed by atoms with Gasteiger partial charge in [-0.3, -0.25) is 4.79 Å². The van der Waals surface area contributed by atoms with Gasteiger partial charge in [0.2, 0.25) is 5.91 Å². The molecule has 0 aromatic rings. The average Bonchev–Trinajstić information content (AvgIpc) is 2.72. The zero-order chi connectivity index (χ0) is 13.8. The minimum absolute atomic E-state index is 0.0310. The highest BCUT2D eigenvalue weighted by Gasteiger charge is 2.34. The van der Waals surface area contributed by atoms with Gasteiger partial charge >= 0.3 is 0 Å². The molecule has 1 aliphatic rings. The average molecular weight is 277 g/mol. The Hall–Kier alpha value is -0.620. The molecule has 6 heteroatoms. The lowest BCUT2D eigenvalue weighted by atomic mass is 9.83. The summed E-state index contributed by atoms with van der Waals surface area (Å²) in [5.41, 5.74) is -0.285. The van der Waals surface area contributed by atoms with Gasteiger partial charge in [0.1, 0.15) is 0 Å². The van der Waals surface area contributed by atoms with E-state index in [1.54, 1.807) is 0 Å². The molecule has 0 spiro atoms. The lowest BCUT2D eigenvalue weighted by Crippen LogP contribution is -2.42. The Kier molecular flexibility index (Phi) is 5.16. The van der Waals surface area contributed by atoms with E-state index in [-0.39, 0.29) is 29.4 Å². The molecular weight excluding hydrogens is 254 g/mol. The van der Waals surface area contributed by atoms with Crippen LogP contribution in [-0.4, -0.2) is 44.1 Å². The lowest BCUT2D eigenvalue weighted by Gasteiger charge is -2.30. The predicted octanol–water partition coefficient (Wildman–Crippen LogP) is 0.336. The van der Waals surface area contributed by atoms with E-state index in [2.05, 4.69) is 5.32 Å². The van der Waals surface area contributed by atoms with Crippen LogP contribution in [0.4, 0.5) is 0 Å². The minimum Gasteiger partial charge on any atom is -0.396 e. The lowest BCUT2D eigenvalue weighted by molar-refractivity contribution is -0.125. The summed E-state index contributed by atoms with van der Waals surface area (Å²) in [6.45, 7) is 4.40. The van der Waals surface area contributed by atoms with Crippen molar-refractivity contribution < 1.29 is 18.3 Å². The number of aliphatic hydroxyl groups excluding tert-OH is 1. The third kappa shape index (κ3) is 3.68. The molecule has 5 nitrogen and oxygen atoms in total. The summed E-state index contributed by atoms with van der Waals surface area (Å²) in [5.74, 6) is -0.544. The standard InChI is InChI=1S/C12H23NO4S/c1-3-12(4-2,9-14)8-13-11(15)10-5-6-18(16,17)7-10/h10,14H,3-9H2,1-2H3,(H,13,15). The van der Waals surface area contributed by atoms with Crippen molar-refractivity contribution >= 4 is 15.7 Å². The van der Waals surface area contributed by atoms with Crippen LogP contribution in [0.3, 0.4) is 0 Å². The second-order valence-corrected chi connectivity index (χ2v) is 7.41. The van der Waals surface area contributed by atoms with Crippen LogP contribution in [0.2, 0.25) is 0 Å². The largest absolute Gasteiger partial charge is 0.396 e. The van der Waals surface area contributed by atoms with Gasteiger partial charge in [0, 0.05) is 12.0 Å². The normalized spacial score (nSPS) is 22.9. The summed E-state index contributed by atoms with van der Waals surface area (Å²) in [4.78, 5) is 11.9. The fourth-order valence-electron chi connectivity index (χ4n) is 2.20. The number of carbonyl (C=O) groups is 1. The Morgan fingerprint density at radius 2 is 2.00 bits per heavy atom. The molecule has 1 atom stereocenters. The van der Waals surface area contributed by atoms with Crippen molar-refractivity contribution in [3.63, 3.8) is 0 Å². The number of rotatable bonds is 6. The zero-order valence-electron chi connectivity index (χ0n) is 11.1. The van der Waals surface area contributed by atoms with E-state index < -0.39 is 15.8 Å². The second-order valence-electron chi connectivity index (χ2n) is 5.18. The van der Waals surface area contributed by atoms with Crippen molar-refractivity contribution in [3.05, 3.63) is 0 Å². The van der Waals surface area contributed by atoms with E-state index in [4.69, 9.17) is 0 Å². The summed E-state index contributed by atoms with van der Waals surface area (Å²) in [6.07, 6.45) is 1.98. The predicted molar refractivity (Wildman–Crippen MR) is 69.9 cm³/mol. The van der Waals surface area contributed by atoms with Gasteiger partial charge < -0.3 is 10.4 Å². The first kappa shape index (κ1) is 15.4. The Bertz CT molecular complexity index is 379. The number of aliphatic hydroxyl groups is 1. The van der Waals surface area contributed by atoms with Crippen molar-refractivity contribution in [2.75, 3.05) is 24.7 Å². The fourth-order valence-corrected chi connectivity index (χ4v) is 3.94. The summed E-state index contributed by atoms with van der Waals surface area (Å²) in [7, 11) is -3.02. The third-order valence-corrected chi connectivity index (χ3v) is 5.84. The Morgan fingerprint density at radius 3 is 2.39 bits per heavy atom. The molecule has 1 saturated heterocycles. The molecule has 0 aliphatic carbocycles. The first-order valence-corrected chi connectivity index (χ1v) is 8.29. The van der Waals surface area contributed by atoms with Crippen LogP contribution < -0.4 is 5.32 Å². The Balaban J connectivity index is 2.51. The molecule has 1 unspecified atom stereocenters. The first-order valence-electron chi connectivity index (χ1n) is 6.47. The maximum atomic E-state index is 11.9. The van der Waals surface area contributed by atoms with Gasteiger partial charge in [-0.05, 0) is 19.3 Å². The molecule has 2 N–H and O–H groups in total. The van der Waals surface area contributed by atoms with Crippen LogP contribution in [0.15, 0.2) is 0 Å². The maximum Gasteiger partial charge on any atom is 0.224 e. The summed E-state index contributed by atoms with van der Waals surface area (Å²) in [5, 5.41) is 12.2. The zero-order valence-corrected chi connectivity index (χ0v) is 11.9. The van der Waals surface area contributed by atoms with Crippen molar-refractivity contribution in [1.82, 2.24) is 5.32 Å². The molecule has 1 amide bonds. The van der Waals surface area contributed by atoms with Gasteiger partial charge in [0.25, 0.3) is 0 Å². The second kappa shape index (κ2) is 6.02. The minimum atomic E-state index is -3.02. The van der Waals surface area contributed by atoms with Gasteiger partial charge in [-0.15, -0.1) is 0 Å². The van der Waals surface area contributed by atoms with Crippen LogP contribution >= 0.6 is 0 Å². The number of hydrogen-bond donors (Lipinski definition) is 2. The van der Waals surface area contributed by atoms with Crippen molar-refractivity contribution in [1.29, 1.82) is 0 Å². The molecule has 0 saturated carbocycles. The van der Waals surface area contributed by atoms with Gasteiger partial charge in [-0.25, -0.2) is 8.42 Å². The van der Waals surface area contributed by atoms with E-state index >= 15 is 0 Å². The highest BCUT2D eigenvalue weighted by atomic mass is 32.2. The van der Waals surface area contributed by atoms with Gasteiger partial charge in [-0.2, -0.15) is 0 Å². The van der Waals surface area contributed by atoms with Crippen LogP contribution in [0.25, 0.3) is 0 Å².